The van der Waals surface area contributed by atoms with Crippen molar-refractivity contribution in [2.75, 3.05) is 20.6 Å². The molecule has 5 nitrogen and oxygen atoms in total. The number of sulfonamides is 1. The number of carbonyl (C=O) groups is 1. The summed E-state index contributed by atoms with van der Waals surface area (Å²) in [6.45, 7) is 2.48. The fourth-order valence-corrected chi connectivity index (χ4v) is 5.79. The Hall–Kier alpha value is -2.70. The van der Waals surface area contributed by atoms with E-state index >= 15 is 0 Å². The minimum absolute atomic E-state index is 0.0746. The van der Waals surface area contributed by atoms with Gasteiger partial charge >= 0.3 is 0 Å². The molecule has 0 atom stereocenters. The molecule has 30 heavy (non-hydrogen) atoms. The molecule has 1 aliphatic carbocycles. The summed E-state index contributed by atoms with van der Waals surface area (Å²) >= 11 is 0. The number of hydrogen-bond donors (Lipinski definition) is 0. The summed E-state index contributed by atoms with van der Waals surface area (Å²) in [5, 5.41) is 1.91. The summed E-state index contributed by atoms with van der Waals surface area (Å²) in [5.41, 5.74) is 3.89. The smallest absolute Gasteiger partial charge is 0.253 e. The molecular formula is C24H26N2O3S. The fourth-order valence-electron chi connectivity index (χ4n) is 4.17. The van der Waals surface area contributed by atoms with Gasteiger partial charge in [-0.05, 0) is 53.1 Å². The SMILES string of the molecule is CCN(Cc1ccc(C(=O)N(C)C)cc1)S(=O)(=O)c1ccc2c3c(cccc13)CC2. The van der Waals surface area contributed by atoms with Gasteiger partial charge in [0.2, 0.25) is 10.0 Å². The molecule has 0 aliphatic heterocycles. The van der Waals surface area contributed by atoms with Crippen molar-refractivity contribution in [2.45, 2.75) is 31.2 Å². The Kier molecular flexibility index (Phi) is 5.38. The highest BCUT2D eigenvalue weighted by Gasteiger charge is 2.27. The zero-order valence-corrected chi connectivity index (χ0v) is 18.4. The first kappa shape index (κ1) is 20.6. The number of amides is 1. The van der Waals surface area contributed by atoms with Crippen LogP contribution in [0, 0.1) is 0 Å². The van der Waals surface area contributed by atoms with E-state index in [0.717, 1.165) is 29.2 Å². The van der Waals surface area contributed by atoms with Gasteiger partial charge in [0.05, 0.1) is 4.90 Å². The van der Waals surface area contributed by atoms with Crippen LogP contribution in [0.5, 0.6) is 0 Å². The molecule has 0 unspecified atom stereocenters. The Morgan fingerprint density at radius 2 is 1.60 bits per heavy atom. The van der Waals surface area contributed by atoms with Crippen molar-refractivity contribution in [2.24, 2.45) is 0 Å². The second kappa shape index (κ2) is 7.85. The minimum Gasteiger partial charge on any atom is -0.345 e. The Morgan fingerprint density at radius 1 is 0.933 bits per heavy atom. The third-order valence-electron chi connectivity index (χ3n) is 5.77. The summed E-state index contributed by atoms with van der Waals surface area (Å²) in [5.74, 6) is -0.0746. The Bertz CT molecular complexity index is 1200. The van der Waals surface area contributed by atoms with E-state index in [1.807, 2.05) is 37.3 Å². The van der Waals surface area contributed by atoms with Gasteiger partial charge in [0, 0.05) is 38.1 Å². The minimum atomic E-state index is -3.66. The third kappa shape index (κ3) is 3.50. The largest absolute Gasteiger partial charge is 0.345 e. The van der Waals surface area contributed by atoms with Crippen molar-refractivity contribution in [3.63, 3.8) is 0 Å². The summed E-state index contributed by atoms with van der Waals surface area (Å²) in [6, 6.07) is 16.8. The maximum atomic E-state index is 13.6. The van der Waals surface area contributed by atoms with E-state index in [2.05, 4.69) is 6.07 Å². The molecule has 1 aliphatic rings. The van der Waals surface area contributed by atoms with Crippen LogP contribution in [0.1, 0.15) is 34.0 Å². The average molecular weight is 423 g/mol. The van der Waals surface area contributed by atoms with Crippen molar-refractivity contribution in [3.8, 4) is 0 Å². The summed E-state index contributed by atoms with van der Waals surface area (Å²) in [6.07, 6.45) is 1.93. The van der Waals surface area contributed by atoms with E-state index in [0.29, 0.717) is 17.0 Å². The van der Waals surface area contributed by atoms with E-state index in [-0.39, 0.29) is 12.5 Å². The third-order valence-corrected chi connectivity index (χ3v) is 7.75. The van der Waals surface area contributed by atoms with E-state index in [9.17, 15) is 13.2 Å². The normalized spacial score (nSPS) is 13.2. The number of aryl methyl sites for hydroxylation is 2. The molecule has 0 fully saturated rings. The molecule has 3 aromatic carbocycles. The number of rotatable bonds is 6. The standard InChI is InChI=1S/C24H26N2O3S/c1-4-26(16-17-8-10-20(11-9-17)24(27)25(2)3)30(28,29)22-15-14-19-13-12-18-6-5-7-21(22)23(18)19/h5-11,14-15H,4,12-13,16H2,1-3H3. The molecule has 0 saturated carbocycles. The van der Waals surface area contributed by atoms with Crippen molar-refractivity contribution < 1.29 is 13.2 Å². The monoisotopic (exact) mass is 422 g/mol. The second-order valence-electron chi connectivity index (χ2n) is 7.89. The number of benzene rings is 3. The van der Waals surface area contributed by atoms with Crippen LogP contribution in [0.4, 0.5) is 0 Å². The van der Waals surface area contributed by atoms with Crippen LogP contribution in [0.2, 0.25) is 0 Å². The predicted molar refractivity (Wildman–Crippen MR) is 119 cm³/mol. The highest BCUT2D eigenvalue weighted by molar-refractivity contribution is 7.89. The summed E-state index contributed by atoms with van der Waals surface area (Å²) in [4.78, 5) is 14.0. The molecule has 156 valence electrons. The van der Waals surface area contributed by atoms with Gasteiger partial charge in [-0.3, -0.25) is 4.79 Å². The number of hydrogen-bond acceptors (Lipinski definition) is 3. The van der Waals surface area contributed by atoms with Gasteiger partial charge in [-0.15, -0.1) is 0 Å². The fraction of sp³-hybridized carbons (Fsp3) is 0.292. The first-order valence-electron chi connectivity index (χ1n) is 10.2. The van der Waals surface area contributed by atoms with Crippen molar-refractivity contribution in [1.82, 2.24) is 9.21 Å². The highest BCUT2D eigenvalue weighted by Crippen LogP contribution is 2.35. The van der Waals surface area contributed by atoms with Gasteiger partial charge in [-0.1, -0.05) is 43.3 Å². The molecule has 6 heteroatoms. The summed E-state index contributed by atoms with van der Waals surface area (Å²) in [7, 11) is -0.247. The van der Waals surface area contributed by atoms with Crippen LogP contribution >= 0.6 is 0 Å². The molecule has 0 aromatic heterocycles. The van der Waals surface area contributed by atoms with E-state index in [1.54, 1.807) is 32.3 Å². The van der Waals surface area contributed by atoms with E-state index < -0.39 is 10.0 Å². The quantitative estimate of drug-likeness (QED) is 0.606. The Balaban J connectivity index is 1.67. The zero-order valence-electron chi connectivity index (χ0n) is 17.6. The van der Waals surface area contributed by atoms with Crippen molar-refractivity contribution in [1.29, 1.82) is 0 Å². The van der Waals surface area contributed by atoms with E-state index in [4.69, 9.17) is 0 Å². The zero-order chi connectivity index (χ0) is 21.5. The first-order chi connectivity index (χ1) is 14.3. The van der Waals surface area contributed by atoms with Crippen LogP contribution in [0.15, 0.2) is 59.5 Å². The van der Waals surface area contributed by atoms with Crippen molar-refractivity contribution >= 4 is 26.7 Å². The molecule has 0 saturated heterocycles. The molecule has 0 radical (unpaired) electrons. The molecule has 0 bridgehead atoms. The Morgan fingerprint density at radius 3 is 2.23 bits per heavy atom. The lowest BCUT2D eigenvalue weighted by Gasteiger charge is -2.22. The first-order valence-corrected chi connectivity index (χ1v) is 11.6. The highest BCUT2D eigenvalue weighted by atomic mass is 32.2. The number of nitrogens with zero attached hydrogens (tertiary/aromatic N) is 2. The van der Waals surface area contributed by atoms with Crippen LogP contribution in [0.25, 0.3) is 10.8 Å². The van der Waals surface area contributed by atoms with Crippen molar-refractivity contribution in [3.05, 3.63) is 76.9 Å². The van der Waals surface area contributed by atoms with Gasteiger partial charge < -0.3 is 4.90 Å². The maximum Gasteiger partial charge on any atom is 0.253 e. The number of carbonyl (C=O) groups excluding carboxylic acids is 1. The maximum absolute atomic E-state index is 13.6. The summed E-state index contributed by atoms with van der Waals surface area (Å²) < 4.78 is 28.6. The molecule has 0 heterocycles. The lowest BCUT2D eigenvalue weighted by molar-refractivity contribution is 0.0827. The second-order valence-corrected chi connectivity index (χ2v) is 9.80. The van der Waals surface area contributed by atoms with Crippen LogP contribution in [0.3, 0.4) is 0 Å². The lowest BCUT2D eigenvalue weighted by Crippen LogP contribution is -2.30. The van der Waals surface area contributed by atoms with Gasteiger partial charge in [0.1, 0.15) is 0 Å². The van der Waals surface area contributed by atoms with Gasteiger partial charge in [-0.2, -0.15) is 4.31 Å². The molecule has 0 N–H and O–H groups in total. The molecule has 4 rings (SSSR count). The molecule has 3 aromatic rings. The lowest BCUT2D eigenvalue weighted by atomic mass is 10.1. The van der Waals surface area contributed by atoms with Crippen LogP contribution in [-0.4, -0.2) is 44.2 Å². The predicted octanol–water partition coefficient (Wildman–Crippen LogP) is 3.85. The Labute approximate surface area is 178 Å². The van der Waals surface area contributed by atoms with Crippen LogP contribution in [-0.2, 0) is 29.4 Å². The molecular weight excluding hydrogens is 396 g/mol. The topological polar surface area (TPSA) is 57.7 Å². The van der Waals surface area contributed by atoms with Gasteiger partial charge in [0.15, 0.2) is 0 Å². The van der Waals surface area contributed by atoms with Crippen LogP contribution < -0.4 is 0 Å². The molecule has 1 amide bonds. The van der Waals surface area contributed by atoms with E-state index in [1.165, 1.54) is 20.3 Å². The van der Waals surface area contributed by atoms with Gasteiger partial charge in [0.25, 0.3) is 5.91 Å². The van der Waals surface area contributed by atoms with Gasteiger partial charge in [-0.25, -0.2) is 8.42 Å². The average Bonchev–Trinajstić information content (AvgIpc) is 3.16. The molecule has 0 spiro atoms.